The molecule has 0 aliphatic carbocycles. The third kappa shape index (κ3) is 9.84. The predicted molar refractivity (Wildman–Crippen MR) is 118 cm³/mol. The first-order chi connectivity index (χ1) is 11.8. The lowest BCUT2D eigenvalue weighted by atomic mass is 9.96. The molecule has 1 rings (SSSR count). The molecule has 148 valence electrons. The highest BCUT2D eigenvalue weighted by Crippen LogP contribution is 2.11. The van der Waals surface area contributed by atoms with E-state index in [4.69, 9.17) is 4.74 Å². The summed E-state index contributed by atoms with van der Waals surface area (Å²) in [5.74, 6) is 1.71. The van der Waals surface area contributed by atoms with Crippen LogP contribution in [0.25, 0.3) is 0 Å². The number of carbonyl (C=O) groups excluding carboxylic acids is 1. The summed E-state index contributed by atoms with van der Waals surface area (Å²) >= 11 is 0. The Hall–Kier alpha value is -1.51. The minimum absolute atomic E-state index is 0. The van der Waals surface area contributed by atoms with Crippen molar-refractivity contribution in [2.24, 2.45) is 10.4 Å². The van der Waals surface area contributed by atoms with Crippen molar-refractivity contribution in [2.75, 3.05) is 39.8 Å². The molecule has 7 heteroatoms. The molecule has 0 spiro atoms. The fourth-order valence-corrected chi connectivity index (χ4v) is 1.99. The van der Waals surface area contributed by atoms with Gasteiger partial charge in [0.2, 0.25) is 5.91 Å². The number of aliphatic imine (C=N–C) groups is 1. The SMILES string of the molecule is CCNC(=NCCNC(=O)C(C)(C)C)N(C)CCOc1ccccc1.I. The van der Waals surface area contributed by atoms with Crippen LogP contribution in [-0.4, -0.2) is 56.6 Å². The zero-order chi connectivity index (χ0) is 18.7. The van der Waals surface area contributed by atoms with E-state index in [0.717, 1.165) is 24.8 Å². The number of nitrogens with zero attached hydrogens (tertiary/aromatic N) is 2. The van der Waals surface area contributed by atoms with E-state index in [-0.39, 0.29) is 35.3 Å². The highest BCUT2D eigenvalue weighted by molar-refractivity contribution is 14.0. The second-order valence-electron chi connectivity index (χ2n) is 6.82. The molecule has 1 aromatic rings. The highest BCUT2D eigenvalue weighted by Gasteiger charge is 2.20. The van der Waals surface area contributed by atoms with Gasteiger partial charge >= 0.3 is 0 Å². The van der Waals surface area contributed by atoms with Gasteiger partial charge in [0.1, 0.15) is 12.4 Å². The lowest BCUT2D eigenvalue weighted by Crippen LogP contribution is -2.41. The number of rotatable bonds is 8. The van der Waals surface area contributed by atoms with E-state index in [1.54, 1.807) is 0 Å². The Morgan fingerprint density at radius 1 is 1.19 bits per heavy atom. The van der Waals surface area contributed by atoms with Crippen molar-refractivity contribution in [3.05, 3.63) is 30.3 Å². The zero-order valence-corrected chi connectivity index (χ0v) is 18.9. The lowest BCUT2D eigenvalue weighted by molar-refractivity contribution is -0.128. The number of carbonyl (C=O) groups is 1. The molecule has 0 radical (unpaired) electrons. The summed E-state index contributed by atoms with van der Waals surface area (Å²) in [6.45, 7) is 10.9. The topological polar surface area (TPSA) is 66.0 Å². The molecule has 2 N–H and O–H groups in total. The van der Waals surface area contributed by atoms with E-state index in [0.29, 0.717) is 19.7 Å². The largest absolute Gasteiger partial charge is 0.492 e. The smallest absolute Gasteiger partial charge is 0.225 e. The molecule has 26 heavy (non-hydrogen) atoms. The first-order valence-corrected chi connectivity index (χ1v) is 8.80. The van der Waals surface area contributed by atoms with Crippen molar-refractivity contribution in [3.63, 3.8) is 0 Å². The van der Waals surface area contributed by atoms with E-state index < -0.39 is 0 Å². The van der Waals surface area contributed by atoms with Crippen molar-refractivity contribution >= 4 is 35.8 Å². The van der Waals surface area contributed by atoms with Crippen LogP contribution >= 0.6 is 24.0 Å². The quantitative estimate of drug-likeness (QED) is 0.262. The predicted octanol–water partition coefficient (Wildman–Crippen LogP) is 2.74. The van der Waals surface area contributed by atoms with Crippen molar-refractivity contribution < 1.29 is 9.53 Å². The van der Waals surface area contributed by atoms with Crippen LogP contribution in [0.4, 0.5) is 0 Å². The second-order valence-corrected chi connectivity index (χ2v) is 6.82. The van der Waals surface area contributed by atoms with Gasteiger partial charge in [-0.3, -0.25) is 9.79 Å². The first-order valence-electron chi connectivity index (χ1n) is 8.80. The molecule has 0 aromatic heterocycles. The van der Waals surface area contributed by atoms with Gasteiger partial charge in [0, 0.05) is 25.6 Å². The summed E-state index contributed by atoms with van der Waals surface area (Å²) in [5, 5.41) is 6.16. The van der Waals surface area contributed by atoms with Gasteiger partial charge in [0.15, 0.2) is 5.96 Å². The number of ether oxygens (including phenoxy) is 1. The number of para-hydroxylation sites is 1. The third-order valence-electron chi connectivity index (χ3n) is 3.48. The molecule has 0 aliphatic rings. The summed E-state index contributed by atoms with van der Waals surface area (Å²) in [7, 11) is 1.98. The van der Waals surface area contributed by atoms with Gasteiger partial charge in [-0.2, -0.15) is 0 Å². The molecule has 0 saturated carbocycles. The normalized spacial score (nSPS) is 11.3. The number of amides is 1. The number of likely N-dealkylation sites (N-methyl/N-ethyl adjacent to an activating group) is 1. The molecule has 0 bridgehead atoms. The van der Waals surface area contributed by atoms with Crippen LogP contribution < -0.4 is 15.4 Å². The van der Waals surface area contributed by atoms with Crippen LogP contribution in [0, 0.1) is 5.41 Å². The van der Waals surface area contributed by atoms with Crippen LogP contribution in [0.15, 0.2) is 35.3 Å². The number of hydrogen-bond donors (Lipinski definition) is 2. The summed E-state index contributed by atoms with van der Waals surface area (Å²) < 4.78 is 5.72. The molecule has 0 fully saturated rings. The number of guanidine groups is 1. The molecule has 0 heterocycles. The van der Waals surface area contributed by atoms with Gasteiger partial charge in [0.05, 0.1) is 13.1 Å². The van der Waals surface area contributed by atoms with Crippen molar-refractivity contribution in [2.45, 2.75) is 27.7 Å². The summed E-state index contributed by atoms with van der Waals surface area (Å²) in [6.07, 6.45) is 0. The molecule has 0 saturated heterocycles. The van der Waals surface area contributed by atoms with Gasteiger partial charge in [-0.25, -0.2) is 0 Å². The van der Waals surface area contributed by atoms with Crippen LogP contribution in [0.5, 0.6) is 5.75 Å². The van der Waals surface area contributed by atoms with Crippen LogP contribution in [-0.2, 0) is 4.79 Å². The van der Waals surface area contributed by atoms with E-state index in [2.05, 4.69) is 15.6 Å². The van der Waals surface area contributed by atoms with Gasteiger partial charge < -0.3 is 20.3 Å². The number of benzene rings is 1. The van der Waals surface area contributed by atoms with Crippen molar-refractivity contribution in [1.82, 2.24) is 15.5 Å². The Balaban J connectivity index is 0.00000625. The molecule has 1 aromatic carbocycles. The van der Waals surface area contributed by atoms with Crippen molar-refractivity contribution in [1.29, 1.82) is 0 Å². The maximum atomic E-state index is 11.8. The zero-order valence-electron chi connectivity index (χ0n) is 16.5. The van der Waals surface area contributed by atoms with Crippen LogP contribution in [0.3, 0.4) is 0 Å². The Kier molecular flexibility index (Phi) is 12.0. The highest BCUT2D eigenvalue weighted by atomic mass is 127. The maximum Gasteiger partial charge on any atom is 0.225 e. The maximum absolute atomic E-state index is 11.8. The van der Waals surface area contributed by atoms with E-state index in [1.165, 1.54) is 0 Å². The van der Waals surface area contributed by atoms with Gasteiger partial charge in [-0.15, -0.1) is 24.0 Å². The van der Waals surface area contributed by atoms with E-state index in [1.807, 2.05) is 70.0 Å². The molecule has 6 nitrogen and oxygen atoms in total. The van der Waals surface area contributed by atoms with Gasteiger partial charge in [-0.1, -0.05) is 39.0 Å². The van der Waals surface area contributed by atoms with Crippen LogP contribution in [0.1, 0.15) is 27.7 Å². The minimum Gasteiger partial charge on any atom is -0.492 e. The number of halogens is 1. The molecule has 0 atom stereocenters. The Morgan fingerprint density at radius 2 is 1.85 bits per heavy atom. The van der Waals surface area contributed by atoms with Gasteiger partial charge in [-0.05, 0) is 19.1 Å². The fraction of sp³-hybridized carbons (Fsp3) is 0.579. The standard InChI is InChI=1S/C19H32N4O2.HI/c1-6-20-18(22-13-12-21-17(24)19(2,3)4)23(5)14-15-25-16-10-8-7-9-11-16;/h7-11H,6,12-15H2,1-5H3,(H,20,22)(H,21,24);1H. The summed E-state index contributed by atoms with van der Waals surface area (Å²) in [5.41, 5.74) is -0.375. The minimum atomic E-state index is -0.375. The first kappa shape index (κ1) is 24.5. The molecule has 0 unspecified atom stereocenters. The second kappa shape index (κ2) is 12.8. The average Bonchev–Trinajstić information content (AvgIpc) is 2.57. The van der Waals surface area contributed by atoms with E-state index in [9.17, 15) is 4.79 Å². The number of hydrogen-bond acceptors (Lipinski definition) is 3. The monoisotopic (exact) mass is 476 g/mol. The Morgan fingerprint density at radius 3 is 2.42 bits per heavy atom. The summed E-state index contributed by atoms with van der Waals surface area (Å²) in [4.78, 5) is 18.4. The number of nitrogens with one attached hydrogen (secondary N) is 2. The molecule has 1 amide bonds. The Labute approximate surface area is 174 Å². The fourth-order valence-electron chi connectivity index (χ4n) is 1.99. The molecular weight excluding hydrogens is 443 g/mol. The average molecular weight is 476 g/mol. The summed E-state index contributed by atoms with van der Waals surface area (Å²) in [6, 6.07) is 9.76. The Bertz CT molecular complexity index is 544. The third-order valence-corrected chi connectivity index (χ3v) is 3.48. The lowest BCUT2D eigenvalue weighted by Gasteiger charge is -2.22. The van der Waals surface area contributed by atoms with E-state index >= 15 is 0 Å². The molecule has 0 aliphatic heterocycles. The van der Waals surface area contributed by atoms with Gasteiger partial charge in [0.25, 0.3) is 0 Å². The van der Waals surface area contributed by atoms with Crippen molar-refractivity contribution in [3.8, 4) is 5.75 Å². The molecular formula is C19H33IN4O2. The van der Waals surface area contributed by atoms with Crippen LogP contribution in [0.2, 0.25) is 0 Å².